The van der Waals surface area contributed by atoms with Gasteiger partial charge in [0.25, 0.3) is 0 Å². The average Bonchev–Trinajstić information content (AvgIpc) is 2.27. The van der Waals surface area contributed by atoms with Gasteiger partial charge in [0.05, 0.1) is 17.8 Å². The minimum atomic E-state index is -4.38. The van der Waals surface area contributed by atoms with Crippen molar-refractivity contribution in [3.63, 3.8) is 0 Å². The first kappa shape index (κ1) is 14.0. The van der Waals surface area contributed by atoms with Gasteiger partial charge in [0.1, 0.15) is 0 Å². The highest BCUT2D eigenvalue weighted by Gasteiger charge is 2.30. The summed E-state index contributed by atoms with van der Waals surface area (Å²) in [5.74, 6) is 0. The molecule has 0 aliphatic rings. The van der Waals surface area contributed by atoms with Gasteiger partial charge in [-0.05, 0) is 18.1 Å². The molecule has 2 atom stereocenters. The summed E-state index contributed by atoms with van der Waals surface area (Å²) in [7, 11) is 0. The van der Waals surface area contributed by atoms with E-state index < -0.39 is 23.9 Å². The minimum absolute atomic E-state index is 0.0128. The molecule has 0 aliphatic heterocycles. The fourth-order valence-corrected chi connectivity index (χ4v) is 1.52. The van der Waals surface area contributed by atoms with Crippen LogP contribution < -0.4 is 0 Å². The summed E-state index contributed by atoms with van der Waals surface area (Å²) in [5, 5.41) is 18.9. The Morgan fingerprint density at radius 1 is 1.18 bits per heavy atom. The van der Waals surface area contributed by atoms with E-state index in [9.17, 15) is 23.4 Å². The lowest BCUT2D eigenvalue weighted by Gasteiger charge is -2.16. The van der Waals surface area contributed by atoms with Crippen LogP contribution in [0.5, 0.6) is 0 Å². The van der Waals surface area contributed by atoms with E-state index in [1.165, 1.54) is 12.1 Å². The number of aliphatic hydroxyl groups excluding tert-OH is 2. The zero-order chi connectivity index (χ0) is 13.1. The number of hydrogen-bond acceptors (Lipinski definition) is 2. The van der Waals surface area contributed by atoms with E-state index in [1.54, 1.807) is 6.92 Å². The molecule has 1 rings (SSSR count). The Labute approximate surface area is 97.7 Å². The Morgan fingerprint density at radius 3 is 2.35 bits per heavy atom. The molecule has 0 saturated heterocycles. The second kappa shape index (κ2) is 5.51. The highest BCUT2D eigenvalue weighted by molar-refractivity contribution is 5.26. The SMILES string of the molecule is CCC(O)C(O)Cc1cccc(C(F)(F)F)c1. The van der Waals surface area contributed by atoms with Crippen molar-refractivity contribution in [2.75, 3.05) is 0 Å². The molecule has 17 heavy (non-hydrogen) atoms. The van der Waals surface area contributed by atoms with Gasteiger partial charge in [0, 0.05) is 6.42 Å². The summed E-state index contributed by atoms with van der Waals surface area (Å²) in [6.07, 6.45) is -5.96. The molecule has 0 aromatic heterocycles. The van der Waals surface area contributed by atoms with Crippen LogP contribution in [-0.2, 0) is 12.6 Å². The van der Waals surface area contributed by atoms with Crippen LogP contribution >= 0.6 is 0 Å². The first-order valence-corrected chi connectivity index (χ1v) is 5.37. The third-order valence-electron chi connectivity index (χ3n) is 2.56. The first-order valence-electron chi connectivity index (χ1n) is 5.37. The predicted molar refractivity (Wildman–Crippen MR) is 57.5 cm³/mol. The average molecular weight is 248 g/mol. The normalized spacial score (nSPS) is 15.6. The van der Waals surface area contributed by atoms with E-state index in [1.807, 2.05) is 0 Å². The molecule has 0 saturated carbocycles. The summed E-state index contributed by atoms with van der Waals surface area (Å²) in [5.41, 5.74) is -0.381. The molecule has 0 spiro atoms. The van der Waals surface area contributed by atoms with Crippen LogP contribution in [0.15, 0.2) is 24.3 Å². The number of halogens is 3. The molecule has 2 unspecified atom stereocenters. The van der Waals surface area contributed by atoms with Gasteiger partial charge in [-0.2, -0.15) is 13.2 Å². The molecule has 0 fully saturated rings. The molecule has 2 nitrogen and oxygen atoms in total. The lowest BCUT2D eigenvalue weighted by atomic mass is 10.0. The molecule has 0 amide bonds. The van der Waals surface area contributed by atoms with Crippen molar-refractivity contribution >= 4 is 0 Å². The maximum atomic E-state index is 12.4. The Kier molecular flexibility index (Phi) is 4.54. The zero-order valence-corrected chi connectivity index (χ0v) is 9.41. The van der Waals surface area contributed by atoms with Crippen molar-refractivity contribution < 1.29 is 23.4 Å². The smallest absolute Gasteiger partial charge is 0.390 e. The molecule has 1 aromatic rings. The molecule has 2 N–H and O–H groups in total. The second-order valence-corrected chi connectivity index (χ2v) is 3.95. The van der Waals surface area contributed by atoms with Gasteiger partial charge in [-0.25, -0.2) is 0 Å². The number of hydrogen-bond donors (Lipinski definition) is 2. The van der Waals surface area contributed by atoms with Crippen LogP contribution in [0.25, 0.3) is 0 Å². The molecule has 0 aliphatic carbocycles. The molecule has 1 aromatic carbocycles. The van der Waals surface area contributed by atoms with Gasteiger partial charge in [-0.3, -0.25) is 0 Å². The van der Waals surface area contributed by atoms with Crippen LogP contribution in [0.1, 0.15) is 24.5 Å². The third kappa shape index (κ3) is 4.02. The largest absolute Gasteiger partial charge is 0.416 e. The fraction of sp³-hybridized carbons (Fsp3) is 0.500. The molecule has 96 valence electrons. The number of alkyl halides is 3. The standard InChI is InChI=1S/C12H15F3O2/c1-2-10(16)11(17)7-8-4-3-5-9(6-8)12(13,14)15/h3-6,10-11,16-17H,2,7H2,1H3. The van der Waals surface area contributed by atoms with Crippen molar-refractivity contribution in [1.82, 2.24) is 0 Å². The second-order valence-electron chi connectivity index (χ2n) is 3.95. The highest BCUT2D eigenvalue weighted by Crippen LogP contribution is 2.29. The lowest BCUT2D eigenvalue weighted by Crippen LogP contribution is -2.27. The summed E-state index contributed by atoms with van der Waals surface area (Å²) in [6, 6.07) is 4.77. The van der Waals surface area contributed by atoms with Crippen LogP contribution in [0.4, 0.5) is 13.2 Å². The summed E-state index contributed by atoms with van der Waals surface area (Å²) < 4.78 is 37.3. The van der Waals surface area contributed by atoms with E-state index in [2.05, 4.69) is 0 Å². The van der Waals surface area contributed by atoms with Crippen molar-refractivity contribution in [2.45, 2.75) is 38.1 Å². The fourth-order valence-electron chi connectivity index (χ4n) is 1.52. The van der Waals surface area contributed by atoms with Gasteiger partial charge in [-0.1, -0.05) is 25.1 Å². The number of aliphatic hydroxyl groups is 2. The minimum Gasteiger partial charge on any atom is -0.390 e. The zero-order valence-electron chi connectivity index (χ0n) is 9.41. The molecule has 0 radical (unpaired) electrons. The first-order chi connectivity index (χ1) is 7.84. The van der Waals surface area contributed by atoms with Crippen LogP contribution in [0, 0.1) is 0 Å². The van der Waals surface area contributed by atoms with Crippen LogP contribution in [0.3, 0.4) is 0 Å². The predicted octanol–water partition coefficient (Wildman–Crippen LogP) is 2.38. The van der Waals surface area contributed by atoms with E-state index in [0.717, 1.165) is 12.1 Å². The van der Waals surface area contributed by atoms with Gasteiger partial charge < -0.3 is 10.2 Å². The van der Waals surface area contributed by atoms with Gasteiger partial charge in [0.15, 0.2) is 0 Å². The maximum Gasteiger partial charge on any atom is 0.416 e. The molecule has 5 heteroatoms. The Hall–Kier alpha value is -1.07. The number of benzene rings is 1. The van der Waals surface area contributed by atoms with Gasteiger partial charge in [0.2, 0.25) is 0 Å². The monoisotopic (exact) mass is 248 g/mol. The quantitative estimate of drug-likeness (QED) is 0.858. The van der Waals surface area contributed by atoms with Crippen molar-refractivity contribution in [3.05, 3.63) is 35.4 Å². The lowest BCUT2D eigenvalue weighted by molar-refractivity contribution is -0.137. The van der Waals surface area contributed by atoms with E-state index in [0.29, 0.717) is 12.0 Å². The Morgan fingerprint density at radius 2 is 1.82 bits per heavy atom. The van der Waals surface area contributed by atoms with Crippen molar-refractivity contribution in [1.29, 1.82) is 0 Å². The van der Waals surface area contributed by atoms with Crippen molar-refractivity contribution in [3.8, 4) is 0 Å². The van der Waals surface area contributed by atoms with Crippen LogP contribution in [0.2, 0.25) is 0 Å². The topological polar surface area (TPSA) is 40.5 Å². The van der Waals surface area contributed by atoms with E-state index in [4.69, 9.17) is 0 Å². The number of rotatable bonds is 4. The highest BCUT2D eigenvalue weighted by atomic mass is 19.4. The van der Waals surface area contributed by atoms with Crippen molar-refractivity contribution in [2.24, 2.45) is 0 Å². The summed E-state index contributed by atoms with van der Waals surface area (Å²) in [4.78, 5) is 0. The third-order valence-corrected chi connectivity index (χ3v) is 2.56. The van der Waals surface area contributed by atoms with E-state index in [-0.39, 0.29) is 6.42 Å². The van der Waals surface area contributed by atoms with E-state index >= 15 is 0 Å². The maximum absolute atomic E-state index is 12.4. The molecule has 0 heterocycles. The van der Waals surface area contributed by atoms with Crippen LogP contribution in [-0.4, -0.2) is 22.4 Å². The molecular formula is C12H15F3O2. The Bertz CT molecular complexity index is 363. The van der Waals surface area contributed by atoms with Gasteiger partial charge in [-0.15, -0.1) is 0 Å². The summed E-state index contributed by atoms with van der Waals surface area (Å²) >= 11 is 0. The van der Waals surface area contributed by atoms with Gasteiger partial charge >= 0.3 is 6.18 Å². The summed E-state index contributed by atoms with van der Waals surface area (Å²) in [6.45, 7) is 1.69. The molecule has 0 bridgehead atoms. The molecular weight excluding hydrogens is 233 g/mol. The Balaban J connectivity index is 2.79.